The third-order valence-corrected chi connectivity index (χ3v) is 4.36. The monoisotopic (exact) mass is 328 g/mol. The fourth-order valence-corrected chi connectivity index (χ4v) is 3.05. The maximum absolute atomic E-state index is 14.2. The molecule has 0 aliphatic heterocycles. The highest BCUT2D eigenvalue weighted by molar-refractivity contribution is 7.16. The highest BCUT2D eigenvalue weighted by Gasteiger charge is 2.16. The van der Waals surface area contributed by atoms with Crippen molar-refractivity contribution in [1.82, 2.24) is 4.98 Å². The number of aromatic nitrogens is 1. The third-order valence-electron chi connectivity index (χ3n) is 3.33. The molecule has 0 aliphatic carbocycles. The summed E-state index contributed by atoms with van der Waals surface area (Å²) >= 11 is 0.964. The highest BCUT2D eigenvalue weighted by Crippen LogP contribution is 2.35. The van der Waals surface area contributed by atoms with Gasteiger partial charge in [0.1, 0.15) is 21.5 Å². The van der Waals surface area contributed by atoms with Crippen LogP contribution in [-0.4, -0.2) is 23.2 Å². The first kappa shape index (κ1) is 14.9. The Labute approximate surface area is 134 Å². The number of benzene rings is 2. The average Bonchev–Trinajstić information content (AvgIpc) is 3.05. The summed E-state index contributed by atoms with van der Waals surface area (Å²) in [6, 6.07) is 7.84. The van der Waals surface area contributed by atoms with E-state index in [2.05, 4.69) is 4.98 Å². The summed E-state index contributed by atoms with van der Waals surface area (Å²) in [5.74, 6) is -1.17. The number of hydrogen-bond donors (Lipinski definition) is 1. The summed E-state index contributed by atoms with van der Waals surface area (Å²) < 4.78 is 19.4. The van der Waals surface area contributed by atoms with Gasteiger partial charge < -0.3 is 9.84 Å². The average molecular weight is 328 g/mol. The van der Waals surface area contributed by atoms with Crippen LogP contribution in [0, 0.1) is 17.1 Å². The zero-order valence-corrected chi connectivity index (χ0v) is 12.6. The van der Waals surface area contributed by atoms with Crippen molar-refractivity contribution >= 4 is 28.1 Å². The van der Waals surface area contributed by atoms with E-state index in [4.69, 9.17) is 9.84 Å². The summed E-state index contributed by atoms with van der Waals surface area (Å²) in [5, 5.41) is 19.4. The van der Waals surface area contributed by atoms with Gasteiger partial charge in [0.2, 0.25) is 0 Å². The number of nitrogens with zero attached hydrogens (tertiary/aromatic N) is 2. The fraction of sp³-hybridized carbons (Fsp3) is 0.0625. The van der Waals surface area contributed by atoms with Crippen LogP contribution in [0.2, 0.25) is 0 Å². The maximum Gasteiger partial charge on any atom is 0.347 e. The van der Waals surface area contributed by atoms with Crippen LogP contribution in [0.25, 0.3) is 21.3 Å². The molecule has 0 aliphatic rings. The molecule has 0 saturated heterocycles. The van der Waals surface area contributed by atoms with Crippen molar-refractivity contribution in [1.29, 1.82) is 5.26 Å². The largest absolute Gasteiger partial charge is 0.496 e. The van der Waals surface area contributed by atoms with Gasteiger partial charge in [-0.15, -0.1) is 11.3 Å². The van der Waals surface area contributed by atoms with Crippen LogP contribution in [0.4, 0.5) is 4.39 Å². The van der Waals surface area contributed by atoms with Crippen molar-refractivity contribution in [2.24, 2.45) is 0 Å². The number of aromatic carboxylic acids is 1. The van der Waals surface area contributed by atoms with Crippen LogP contribution in [0.1, 0.15) is 15.2 Å². The van der Waals surface area contributed by atoms with Gasteiger partial charge >= 0.3 is 5.97 Å². The van der Waals surface area contributed by atoms with Crippen molar-refractivity contribution in [3.63, 3.8) is 0 Å². The number of carbonyl (C=O) groups is 1. The zero-order chi connectivity index (χ0) is 16.6. The van der Waals surface area contributed by atoms with Crippen LogP contribution < -0.4 is 4.74 Å². The van der Waals surface area contributed by atoms with Gasteiger partial charge in [0.05, 0.1) is 24.9 Å². The van der Waals surface area contributed by atoms with E-state index in [1.807, 2.05) is 6.07 Å². The summed E-state index contributed by atoms with van der Waals surface area (Å²) in [6.45, 7) is 0. The van der Waals surface area contributed by atoms with Gasteiger partial charge in [-0.25, -0.2) is 14.2 Å². The predicted octanol–water partition coefficient (Wildman–Crippen LogP) is 3.68. The van der Waals surface area contributed by atoms with Crippen molar-refractivity contribution < 1.29 is 19.0 Å². The van der Waals surface area contributed by atoms with Crippen LogP contribution in [-0.2, 0) is 0 Å². The summed E-state index contributed by atoms with van der Waals surface area (Å²) in [4.78, 5) is 15.1. The molecule has 0 bridgehead atoms. The molecule has 3 rings (SSSR count). The van der Waals surface area contributed by atoms with Crippen molar-refractivity contribution in [2.75, 3.05) is 7.11 Å². The lowest BCUT2D eigenvalue weighted by Gasteiger charge is -2.09. The van der Waals surface area contributed by atoms with Gasteiger partial charge in [-0.05, 0) is 24.3 Å². The molecule has 5 nitrogen and oxygen atoms in total. The molecule has 114 valence electrons. The number of ether oxygens (including phenoxy) is 1. The number of carboxylic acid groups (broad SMARTS) is 1. The molecular weight excluding hydrogens is 319 g/mol. The van der Waals surface area contributed by atoms with Crippen LogP contribution >= 0.6 is 11.3 Å². The maximum atomic E-state index is 14.2. The smallest absolute Gasteiger partial charge is 0.347 e. The molecule has 2 aromatic carbocycles. The molecule has 0 atom stereocenters. The number of fused-ring (bicyclic) bond motifs is 1. The normalized spacial score (nSPS) is 10.5. The van der Waals surface area contributed by atoms with Gasteiger partial charge in [-0.2, -0.15) is 5.26 Å². The summed E-state index contributed by atoms with van der Waals surface area (Å²) in [5.41, 5.74) is 0.722. The molecule has 0 fully saturated rings. The Hall–Kier alpha value is -2.98. The number of carboxylic acids is 1. The first-order valence-electron chi connectivity index (χ1n) is 6.45. The first-order valence-corrected chi connectivity index (χ1v) is 7.26. The van der Waals surface area contributed by atoms with Gasteiger partial charge in [0.25, 0.3) is 0 Å². The second-order valence-electron chi connectivity index (χ2n) is 4.64. The molecule has 0 spiro atoms. The molecule has 1 aromatic heterocycles. The minimum Gasteiger partial charge on any atom is -0.496 e. The topological polar surface area (TPSA) is 83.2 Å². The van der Waals surface area contributed by atoms with Crippen molar-refractivity contribution in [2.45, 2.75) is 0 Å². The lowest BCUT2D eigenvalue weighted by molar-refractivity contribution is 0.0702. The second kappa shape index (κ2) is 5.66. The molecule has 0 saturated carbocycles. The quantitative estimate of drug-likeness (QED) is 0.793. The fourth-order valence-electron chi connectivity index (χ4n) is 2.31. The highest BCUT2D eigenvalue weighted by atomic mass is 32.1. The van der Waals surface area contributed by atoms with E-state index in [1.165, 1.54) is 25.4 Å². The summed E-state index contributed by atoms with van der Waals surface area (Å²) in [7, 11) is 1.45. The van der Waals surface area contributed by atoms with E-state index in [1.54, 1.807) is 12.1 Å². The third kappa shape index (κ3) is 2.49. The SMILES string of the molecule is COc1ccc(F)c2cc(-c3ncc(C(=O)O)s3)cc(C#N)c12. The molecule has 3 aromatic rings. The second-order valence-corrected chi connectivity index (χ2v) is 5.67. The minimum atomic E-state index is -1.08. The van der Waals surface area contributed by atoms with Crippen molar-refractivity contribution in [3.05, 3.63) is 46.7 Å². The lowest BCUT2D eigenvalue weighted by Crippen LogP contribution is -1.92. The molecule has 1 N–H and O–H groups in total. The molecular formula is C16H9FN2O3S. The Balaban J connectivity index is 2.30. The number of thiazole rings is 1. The van der Waals surface area contributed by atoms with E-state index < -0.39 is 11.8 Å². The molecule has 0 radical (unpaired) electrons. The number of methoxy groups -OCH3 is 1. The van der Waals surface area contributed by atoms with Gasteiger partial charge in [-0.1, -0.05) is 0 Å². The standard InChI is InChI=1S/C16H9FN2O3S/c1-22-12-3-2-11(17)10-5-8(4-9(6-18)14(10)12)15-19-7-13(23-15)16(20)21/h2-5,7H,1H3,(H,20,21). The van der Waals surface area contributed by atoms with E-state index in [0.717, 1.165) is 11.3 Å². The predicted molar refractivity (Wildman–Crippen MR) is 83.2 cm³/mol. The molecule has 0 amide bonds. The van der Waals surface area contributed by atoms with Gasteiger partial charge in [-0.3, -0.25) is 0 Å². The van der Waals surface area contributed by atoms with Crippen molar-refractivity contribution in [3.8, 4) is 22.4 Å². The minimum absolute atomic E-state index is 0.0738. The lowest BCUT2D eigenvalue weighted by atomic mass is 10.0. The number of rotatable bonds is 3. The first-order chi connectivity index (χ1) is 11.0. The van der Waals surface area contributed by atoms with Gasteiger partial charge in [0.15, 0.2) is 0 Å². The number of hydrogen-bond acceptors (Lipinski definition) is 5. The molecule has 23 heavy (non-hydrogen) atoms. The Morgan fingerprint density at radius 3 is 2.83 bits per heavy atom. The van der Waals surface area contributed by atoms with E-state index in [-0.39, 0.29) is 15.8 Å². The zero-order valence-electron chi connectivity index (χ0n) is 11.8. The van der Waals surface area contributed by atoms with E-state index in [9.17, 15) is 14.4 Å². The van der Waals surface area contributed by atoms with Gasteiger partial charge in [0, 0.05) is 16.3 Å². The Bertz CT molecular complexity index is 975. The Kier molecular flexibility index (Phi) is 3.68. The van der Waals surface area contributed by atoms with Crippen LogP contribution in [0.3, 0.4) is 0 Å². The van der Waals surface area contributed by atoms with E-state index >= 15 is 0 Å². The van der Waals surface area contributed by atoms with E-state index in [0.29, 0.717) is 21.7 Å². The molecule has 0 unspecified atom stereocenters. The number of halogens is 1. The van der Waals surface area contributed by atoms with Crippen LogP contribution in [0.5, 0.6) is 5.75 Å². The molecule has 7 heteroatoms. The summed E-state index contributed by atoms with van der Waals surface area (Å²) in [6.07, 6.45) is 1.24. The Morgan fingerprint density at radius 2 is 2.22 bits per heavy atom. The number of nitriles is 1. The van der Waals surface area contributed by atoms with Crippen LogP contribution in [0.15, 0.2) is 30.5 Å². The molecule has 1 heterocycles. The Morgan fingerprint density at radius 1 is 1.43 bits per heavy atom.